The highest BCUT2D eigenvalue weighted by Gasteiger charge is 1.93. The summed E-state index contributed by atoms with van der Waals surface area (Å²) in [6.07, 6.45) is 1.39. The van der Waals surface area contributed by atoms with Gasteiger partial charge in [-0.05, 0) is 18.3 Å². The van der Waals surface area contributed by atoms with Crippen molar-refractivity contribution in [1.82, 2.24) is 0 Å². The Morgan fingerprint density at radius 1 is 1.78 bits per heavy atom. The molecular formula is C6H9BrO2. The largest absolute Gasteiger partial charge is 0.463 e. The van der Waals surface area contributed by atoms with Crippen LogP contribution in [0.3, 0.4) is 0 Å². The topological polar surface area (TPSA) is 26.3 Å². The Balaban J connectivity index is 3.63. The lowest BCUT2D eigenvalue weighted by Crippen LogP contribution is -1.98. The van der Waals surface area contributed by atoms with Gasteiger partial charge in [0, 0.05) is 6.08 Å². The molecular weight excluding hydrogens is 184 g/mol. The number of allylic oxidation sites excluding steroid dienone is 1. The van der Waals surface area contributed by atoms with Gasteiger partial charge in [-0.15, -0.1) is 0 Å². The van der Waals surface area contributed by atoms with Crippen LogP contribution in [0.2, 0.25) is 0 Å². The van der Waals surface area contributed by atoms with Gasteiger partial charge in [-0.25, -0.2) is 4.79 Å². The van der Waals surface area contributed by atoms with Crippen LogP contribution in [0, 0.1) is 0 Å². The van der Waals surface area contributed by atoms with E-state index in [0.29, 0.717) is 6.61 Å². The second kappa shape index (κ2) is 4.56. The van der Waals surface area contributed by atoms with Gasteiger partial charge in [0.25, 0.3) is 0 Å². The average Bonchev–Trinajstić information content (AvgIpc) is 1.63. The summed E-state index contributed by atoms with van der Waals surface area (Å²) in [7, 11) is 0. The minimum atomic E-state index is -0.299. The average molecular weight is 193 g/mol. The fraction of sp³-hybridized carbons (Fsp3) is 0.500. The molecule has 0 heterocycles. The third-order valence-electron chi connectivity index (χ3n) is 0.603. The fourth-order valence-corrected chi connectivity index (χ4v) is 0.533. The molecule has 0 bridgehead atoms. The third kappa shape index (κ3) is 5.56. The molecule has 0 N–H and O–H groups in total. The second-order valence-corrected chi connectivity index (χ2v) is 2.73. The van der Waals surface area contributed by atoms with Gasteiger partial charge in [-0.1, -0.05) is 15.9 Å². The lowest BCUT2D eigenvalue weighted by Gasteiger charge is -1.93. The van der Waals surface area contributed by atoms with Crippen molar-refractivity contribution in [3.63, 3.8) is 0 Å². The zero-order valence-electron chi connectivity index (χ0n) is 5.48. The summed E-state index contributed by atoms with van der Waals surface area (Å²) in [4.78, 5) is 10.5. The number of halogens is 1. The summed E-state index contributed by atoms with van der Waals surface area (Å²) in [5, 5.41) is 0. The van der Waals surface area contributed by atoms with E-state index in [1.165, 1.54) is 6.08 Å². The molecule has 52 valence electrons. The van der Waals surface area contributed by atoms with Crippen molar-refractivity contribution in [3.8, 4) is 0 Å². The molecule has 0 aliphatic carbocycles. The zero-order valence-corrected chi connectivity index (χ0v) is 7.06. The monoisotopic (exact) mass is 192 g/mol. The van der Waals surface area contributed by atoms with Gasteiger partial charge >= 0.3 is 5.97 Å². The van der Waals surface area contributed by atoms with Gasteiger partial charge in [0.1, 0.15) is 0 Å². The number of hydrogen-bond donors (Lipinski definition) is 0. The number of rotatable bonds is 2. The number of esters is 1. The molecule has 0 aliphatic heterocycles. The van der Waals surface area contributed by atoms with Crippen LogP contribution in [0.4, 0.5) is 0 Å². The van der Waals surface area contributed by atoms with Crippen LogP contribution in [-0.4, -0.2) is 12.6 Å². The molecule has 3 heteroatoms. The van der Waals surface area contributed by atoms with Gasteiger partial charge in [0.15, 0.2) is 0 Å². The van der Waals surface area contributed by atoms with E-state index < -0.39 is 0 Å². The SMILES string of the molecule is CCOC(=O)/C=C(/C)Br. The predicted molar refractivity (Wildman–Crippen MR) is 39.3 cm³/mol. The Bertz CT molecular complexity index is 125. The van der Waals surface area contributed by atoms with Gasteiger partial charge in [-0.3, -0.25) is 0 Å². The van der Waals surface area contributed by atoms with Crippen LogP contribution in [-0.2, 0) is 9.53 Å². The maximum Gasteiger partial charge on any atom is 0.331 e. The van der Waals surface area contributed by atoms with Crippen LogP contribution < -0.4 is 0 Å². The first-order valence-corrected chi connectivity index (χ1v) is 3.46. The van der Waals surface area contributed by atoms with E-state index in [2.05, 4.69) is 20.7 Å². The molecule has 0 aliphatic rings. The number of hydrogen-bond acceptors (Lipinski definition) is 2. The van der Waals surface area contributed by atoms with Crippen molar-refractivity contribution in [2.24, 2.45) is 0 Å². The molecule has 0 saturated carbocycles. The van der Waals surface area contributed by atoms with Crippen molar-refractivity contribution in [3.05, 3.63) is 10.6 Å². The molecule has 0 aromatic heterocycles. The number of carbonyl (C=O) groups excluding carboxylic acids is 1. The summed E-state index contributed by atoms with van der Waals surface area (Å²) in [6.45, 7) is 3.97. The molecule has 9 heavy (non-hydrogen) atoms. The predicted octanol–water partition coefficient (Wildman–Crippen LogP) is 1.85. The van der Waals surface area contributed by atoms with E-state index in [0.717, 1.165) is 4.48 Å². The minimum Gasteiger partial charge on any atom is -0.463 e. The smallest absolute Gasteiger partial charge is 0.331 e. The summed E-state index contributed by atoms with van der Waals surface area (Å²) in [6, 6.07) is 0. The maximum atomic E-state index is 10.5. The standard InChI is InChI=1S/C6H9BrO2/c1-3-9-6(8)4-5(2)7/h4H,3H2,1-2H3/b5-4-. The highest BCUT2D eigenvalue weighted by Crippen LogP contribution is 2.01. The van der Waals surface area contributed by atoms with Gasteiger partial charge < -0.3 is 4.74 Å². The van der Waals surface area contributed by atoms with Crippen molar-refractivity contribution in [1.29, 1.82) is 0 Å². The third-order valence-corrected chi connectivity index (χ3v) is 0.832. The van der Waals surface area contributed by atoms with E-state index in [1.807, 2.05) is 0 Å². The van der Waals surface area contributed by atoms with Crippen LogP contribution >= 0.6 is 15.9 Å². The van der Waals surface area contributed by atoms with Crippen molar-refractivity contribution in [2.45, 2.75) is 13.8 Å². The molecule has 0 rings (SSSR count). The lowest BCUT2D eigenvalue weighted by atomic mass is 10.5. The summed E-state index contributed by atoms with van der Waals surface area (Å²) < 4.78 is 5.39. The highest BCUT2D eigenvalue weighted by molar-refractivity contribution is 9.11. The first-order chi connectivity index (χ1) is 4.16. The van der Waals surface area contributed by atoms with Gasteiger partial charge in [0.05, 0.1) is 6.61 Å². The Morgan fingerprint density at radius 3 is 2.67 bits per heavy atom. The minimum absolute atomic E-state index is 0.299. The molecule has 0 aromatic carbocycles. The van der Waals surface area contributed by atoms with E-state index in [-0.39, 0.29) is 5.97 Å². The molecule has 0 amide bonds. The van der Waals surface area contributed by atoms with Crippen molar-refractivity contribution >= 4 is 21.9 Å². The van der Waals surface area contributed by atoms with E-state index in [1.54, 1.807) is 13.8 Å². The van der Waals surface area contributed by atoms with Crippen LogP contribution in [0.25, 0.3) is 0 Å². The van der Waals surface area contributed by atoms with Crippen LogP contribution in [0.5, 0.6) is 0 Å². The van der Waals surface area contributed by atoms with E-state index in [9.17, 15) is 4.79 Å². The molecule has 0 spiro atoms. The van der Waals surface area contributed by atoms with Crippen LogP contribution in [0.1, 0.15) is 13.8 Å². The Labute approximate surface area is 63.0 Å². The lowest BCUT2D eigenvalue weighted by molar-refractivity contribution is -0.137. The normalized spacial score (nSPS) is 11.2. The summed E-state index contributed by atoms with van der Waals surface area (Å²) >= 11 is 3.11. The highest BCUT2D eigenvalue weighted by atomic mass is 79.9. The molecule has 0 atom stereocenters. The first kappa shape index (κ1) is 8.69. The number of ether oxygens (including phenoxy) is 1. The van der Waals surface area contributed by atoms with Gasteiger partial charge in [-0.2, -0.15) is 0 Å². The maximum absolute atomic E-state index is 10.5. The summed E-state index contributed by atoms with van der Waals surface area (Å²) in [5.41, 5.74) is 0. The Hall–Kier alpha value is -0.310. The van der Waals surface area contributed by atoms with Crippen molar-refractivity contribution < 1.29 is 9.53 Å². The number of carbonyl (C=O) groups is 1. The molecule has 0 saturated heterocycles. The van der Waals surface area contributed by atoms with E-state index >= 15 is 0 Å². The Morgan fingerprint density at radius 2 is 2.33 bits per heavy atom. The molecule has 0 fully saturated rings. The molecule has 2 nitrogen and oxygen atoms in total. The molecule has 0 aromatic rings. The zero-order chi connectivity index (χ0) is 7.28. The Kier molecular flexibility index (Phi) is 4.40. The first-order valence-electron chi connectivity index (χ1n) is 2.67. The van der Waals surface area contributed by atoms with E-state index in [4.69, 9.17) is 0 Å². The molecule has 0 radical (unpaired) electrons. The fourth-order valence-electron chi connectivity index (χ4n) is 0.346. The van der Waals surface area contributed by atoms with Crippen LogP contribution in [0.15, 0.2) is 10.6 Å². The van der Waals surface area contributed by atoms with Crippen molar-refractivity contribution in [2.75, 3.05) is 6.61 Å². The quantitative estimate of drug-likeness (QED) is 0.494. The second-order valence-electron chi connectivity index (χ2n) is 1.48. The molecule has 0 unspecified atom stereocenters. The summed E-state index contributed by atoms with van der Waals surface area (Å²) in [5.74, 6) is -0.299. The van der Waals surface area contributed by atoms with Gasteiger partial charge in [0.2, 0.25) is 0 Å².